The molecule has 1 aliphatic rings. The Kier molecular flexibility index (Phi) is 2.09. The third kappa shape index (κ3) is 1.68. The Hall–Kier alpha value is -1.10. The number of carbonyl (C=O) groups is 2. The van der Waals surface area contributed by atoms with Crippen LogP contribution in [0.1, 0.15) is 6.42 Å². The van der Waals surface area contributed by atoms with Crippen LogP contribution in [0.25, 0.3) is 0 Å². The lowest BCUT2D eigenvalue weighted by Gasteiger charge is -2.23. The Balaban J connectivity index is 2.52. The SMILES string of the molecule is NC1CC(C(=O)O)CNC1=O. The minimum Gasteiger partial charge on any atom is -0.481 e. The van der Waals surface area contributed by atoms with Crippen LogP contribution in [-0.4, -0.2) is 29.6 Å². The lowest BCUT2D eigenvalue weighted by atomic mass is 9.96. The zero-order valence-electron chi connectivity index (χ0n) is 5.91. The summed E-state index contributed by atoms with van der Waals surface area (Å²) < 4.78 is 0. The maximum absolute atomic E-state index is 10.7. The fourth-order valence-electron chi connectivity index (χ4n) is 1.04. The van der Waals surface area contributed by atoms with Crippen LogP contribution in [0, 0.1) is 5.92 Å². The average Bonchev–Trinajstić information content (AvgIpc) is 1.94. The van der Waals surface area contributed by atoms with Gasteiger partial charge in [-0.1, -0.05) is 0 Å². The lowest BCUT2D eigenvalue weighted by molar-refractivity contribution is -0.143. The molecule has 0 aromatic rings. The van der Waals surface area contributed by atoms with Crippen LogP contribution in [0.4, 0.5) is 0 Å². The highest BCUT2D eigenvalue weighted by atomic mass is 16.4. The molecule has 1 rings (SSSR count). The molecule has 62 valence electrons. The molecule has 0 aromatic carbocycles. The van der Waals surface area contributed by atoms with E-state index < -0.39 is 17.9 Å². The van der Waals surface area contributed by atoms with E-state index in [1.807, 2.05) is 0 Å². The van der Waals surface area contributed by atoms with Crippen molar-refractivity contribution < 1.29 is 14.7 Å². The van der Waals surface area contributed by atoms with E-state index in [2.05, 4.69) is 5.32 Å². The number of nitrogens with two attached hydrogens (primary N) is 1. The molecule has 0 spiro atoms. The first kappa shape index (κ1) is 8.00. The number of aliphatic carboxylic acids is 1. The molecular formula is C6H10N2O3. The van der Waals surface area contributed by atoms with Crippen molar-refractivity contribution in [3.63, 3.8) is 0 Å². The van der Waals surface area contributed by atoms with Crippen LogP contribution >= 0.6 is 0 Å². The molecule has 0 aromatic heterocycles. The summed E-state index contributed by atoms with van der Waals surface area (Å²) in [4.78, 5) is 21.1. The van der Waals surface area contributed by atoms with Gasteiger partial charge >= 0.3 is 5.97 Å². The van der Waals surface area contributed by atoms with Gasteiger partial charge in [-0.05, 0) is 6.42 Å². The number of nitrogens with one attached hydrogen (secondary N) is 1. The molecule has 0 bridgehead atoms. The Morgan fingerprint density at radius 1 is 1.73 bits per heavy atom. The Morgan fingerprint density at radius 3 is 2.82 bits per heavy atom. The molecular weight excluding hydrogens is 148 g/mol. The summed E-state index contributed by atoms with van der Waals surface area (Å²) in [6, 6.07) is -0.662. The molecule has 0 saturated carbocycles. The first-order chi connectivity index (χ1) is 5.11. The normalized spacial score (nSPS) is 31.2. The molecule has 5 nitrogen and oxygen atoms in total. The summed E-state index contributed by atoms with van der Waals surface area (Å²) >= 11 is 0. The third-order valence-corrected chi connectivity index (χ3v) is 1.75. The predicted molar refractivity (Wildman–Crippen MR) is 36.7 cm³/mol. The van der Waals surface area contributed by atoms with Gasteiger partial charge in [0, 0.05) is 6.54 Å². The van der Waals surface area contributed by atoms with Gasteiger partial charge in [-0.3, -0.25) is 9.59 Å². The summed E-state index contributed by atoms with van der Waals surface area (Å²) in [6.07, 6.45) is 0.237. The summed E-state index contributed by atoms with van der Waals surface area (Å²) in [5.74, 6) is -1.69. The monoisotopic (exact) mass is 158 g/mol. The van der Waals surface area contributed by atoms with Crippen LogP contribution < -0.4 is 11.1 Å². The molecule has 1 amide bonds. The van der Waals surface area contributed by atoms with E-state index in [4.69, 9.17) is 10.8 Å². The number of amides is 1. The van der Waals surface area contributed by atoms with E-state index in [0.717, 1.165) is 0 Å². The number of piperidine rings is 1. The Bertz CT molecular complexity index is 192. The van der Waals surface area contributed by atoms with Gasteiger partial charge in [-0.25, -0.2) is 0 Å². The minimum atomic E-state index is -0.902. The van der Waals surface area contributed by atoms with E-state index in [-0.39, 0.29) is 18.9 Å². The topological polar surface area (TPSA) is 92.4 Å². The molecule has 1 fully saturated rings. The van der Waals surface area contributed by atoms with Gasteiger partial charge < -0.3 is 16.2 Å². The fourth-order valence-corrected chi connectivity index (χ4v) is 1.04. The van der Waals surface area contributed by atoms with E-state index in [1.165, 1.54) is 0 Å². The molecule has 2 unspecified atom stereocenters. The Morgan fingerprint density at radius 2 is 2.36 bits per heavy atom. The molecule has 5 heteroatoms. The standard InChI is InChI=1S/C6H10N2O3/c7-4-1-3(6(10)11)2-8-5(4)9/h3-4H,1-2,7H2,(H,8,9)(H,10,11). The number of carboxylic acid groups (broad SMARTS) is 1. The van der Waals surface area contributed by atoms with Gasteiger partial charge in [0.15, 0.2) is 0 Å². The Labute approximate surface area is 63.6 Å². The highest BCUT2D eigenvalue weighted by molar-refractivity contribution is 5.84. The molecule has 1 aliphatic heterocycles. The molecule has 1 heterocycles. The summed E-state index contributed by atoms with van der Waals surface area (Å²) in [5.41, 5.74) is 5.33. The van der Waals surface area contributed by atoms with Crippen molar-refractivity contribution in [3.8, 4) is 0 Å². The van der Waals surface area contributed by atoms with E-state index >= 15 is 0 Å². The quantitative estimate of drug-likeness (QED) is 0.434. The van der Waals surface area contributed by atoms with Gasteiger partial charge in [0.2, 0.25) is 5.91 Å². The number of carboxylic acids is 1. The maximum Gasteiger partial charge on any atom is 0.308 e. The van der Waals surface area contributed by atoms with Crippen molar-refractivity contribution in [2.75, 3.05) is 6.54 Å². The lowest BCUT2D eigenvalue weighted by Crippen LogP contribution is -2.50. The van der Waals surface area contributed by atoms with Gasteiger partial charge in [0.1, 0.15) is 0 Å². The first-order valence-corrected chi connectivity index (χ1v) is 3.37. The van der Waals surface area contributed by atoms with E-state index in [0.29, 0.717) is 0 Å². The van der Waals surface area contributed by atoms with Gasteiger partial charge in [0.05, 0.1) is 12.0 Å². The van der Waals surface area contributed by atoms with E-state index in [1.54, 1.807) is 0 Å². The van der Waals surface area contributed by atoms with Gasteiger partial charge in [-0.15, -0.1) is 0 Å². The number of hydrogen-bond donors (Lipinski definition) is 3. The summed E-state index contributed by atoms with van der Waals surface area (Å²) in [7, 11) is 0. The van der Waals surface area contributed by atoms with Crippen LogP contribution in [0.5, 0.6) is 0 Å². The second-order valence-corrected chi connectivity index (χ2v) is 2.62. The van der Waals surface area contributed by atoms with Crippen LogP contribution in [-0.2, 0) is 9.59 Å². The van der Waals surface area contributed by atoms with Gasteiger partial charge in [-0.2, -0.15) is 0 Å². The second-order valence-electron chi connectivity index (χ2n) is 2.62. The van der Waals surface area contributed by atoms with Crippen molar-refractivity contribution in [3.05, 3.63) is 0 Å². The van der Waals surface area contributed by atoms with Crippen molar-refractivity contribution in [1.82, 2.24) is 5.32 Å². The van der Waals surface area contributed by atoms with Gasteiger partial charge in [0.25, 0.3) is 0 Å². The zero-order valence-corrected chi connectivity index (χ0v) is 5.91. The molecule has 0 aliphatic carbocycles. The van der Waals surface area contributed by atoms with Crippen LogP contribution in [0.15, 0.2) is 0 Å². The summed E-state index contributed by atoms with van der Waals surface area (Å²) in [6.45, 7) is 0.196. The second kappa shape index (κ2) is 2.87. The summed E-state index contributed by atoms with van der Waals surface area (Å²) in [5, 5.41) is 11.0. The van der Waals surface area contributed by atoms with Crippen LogP contribution in [0.3, 0.4) is 0 Å². The molecule has 2 atom stereocenters. The average molecular weight is 158 g/mol. The molecule has 0 radical (unpaired) electrons. The number of rotatable bonds is 1. The highest BCUT2D eigenvalue weighted by Crippen LogP contribution is 2.09. The maximum atomic E-state index is 10.7. The van der Waals surface area contributed by atoms with Crippen LogP contribution in [0.2, 0.25) is 0 Å². The van der Waals surface area contributed by atoms with E-state index in [9.17, 15) is 9.59 Å². The largest absolute Gasteiger partial charge is 0.481 e. The molecule has 4 N–H and O–H groups in total. The van der Waals surface area contributed by atoms with Crippen molar-refractivity contribution in [1.29, 1.82) is 0 Å². The zero-order chi connectivity index (χ0) is 8.43. The number of carbonyl (C=O) groups excluding carboxylic acids is 1. The minimum absolute atomic E-state index is 0.196. The number of hydrogen-bond acceptors (Lipinski definition) is 3. The first-order valence-electron chi connectivity index (χ1n) is 3.37. The predicted octanol–water partition coefficient (Wildman–Crippen LogP) is -1.47. The molecule has 1 saturated heterocycles. The fraction of sp³-hybridized carbons (Fsp3) is 0.667. The smallest absolute Gasteiger partial charge is 0.308 e. The van der Waals surface area contributed by atoms with Crippen molar-refractivity contribution in [2.24, 2.45) is 11.7 Å². The van der Waals surface area contributed by atoms with Crippen molar-refractivity contribution >= 4 is 11.9 Å². The molecule has 11 heavy (non-hydrogen) atoms. The third-order valence-electron chi connectivity index (χ3n) is 1.75. The van der Waals surface area contributed by atoms with Crippen molar-refractivity contribution in [2.45, 2.75) is 12.5 Å². The highest BCUT2D eigenvalue weighted by Gasteiger charge is 2.29.